The number of pyridine rings is 3. The lowest BCUT2D eigenvalue weighted by Crippen LogP contribution is -2.45. The Kier molecular flexibility index (Phi) is 7.51. The summed E-state index contributed by atoms with van der Waals surface area (Å²) in [5.74, 6) is -3.87. The van der Waals surface area contributed by atoms with E-state index in [9.17, 15) is 26.8 Å². The average Bonchev–Trinajstić information content (AvgIpc) is 2.97. The van der Waals surface area contributed by atoms with Gasteiger partial charge in [0.25, 0.3) is 5.91 Å². The topological polar surface area (TPSA) is 149 Å². The number of carbonyl (C=O) groups is 2. The van der Waals surface area contributed by atoms with Gasteiger partial charge in [-0.25, -0.2) is 23.2 Å². The number of nitrogens with one attached hydrogen (secondary N) is 2. The van der Waals surface area contributed by atoms with E-state index in [1.165, 1.54) is 12.1 Å². The van der Waals surface area contributed by atoms with Crippen LogP contribution in [-0.4, -0.2) is 60.4 Å². The number of cyclic esters (lactones) is 1. The highest BCUT2D eigenvalue weighted by Crippen LogP contribution is 2.23. The summed E-state index contributed by atoms with van der Waals surface area (Å²) in [5.41, 5.74) is 2.37. The maximum Gasteiger partial charge on any atom is 0.407 e. The number of sulfone groups is 1. The molecule has 1 aliphatic rings. The Bertz CT molecular complexity index is 1680. The van der Waals surface area contributed by atoms with E-state index in [0.29, 0.717) is 29.3 Å². The van der Waals surface area contributed by atoms with Crippen LogP contribution in [0, 0.1) is 0 Å². The number of amides is 2. The van der Waals surface area contributed by atoms with Crippen molar-refractivity contribution in [2.45, 2.75) is 23.3 Å². The number of fused-ring (bicyclic) bond motifs is 1. The Morgan fingerprint density at radius 3 is 2.70 bits per heavy atom. The fourth-order valence-electron chi connectivity index (χ4n) is 3.83. The molecule has 4 heterocycles. The Morgan fingerprint density at radius 1 is 1.12 bits per heavy atom. The third kappa shape index (κ3) is 5.96. The van der Waals surface area contributed by atoms with E-state index in [-0.39, 0.29) is 24.8 Å². The second-order valence-electron chi connectivity index (χ2n) is 8.69. The number of alkyl carbamates (subject to hydrolysis) is 1. The normalized spacial score (nSPS) is 15.4. The van der Waals surface area contributed by atoms with Gasteiger partial charge in [-0.05, 0) is 42.5 Å². The molecule has 0 radical (unpaired) electrons. The quantitative estimate of drug-likeness (QED) is 0.326. The number of nitrogens with zero attached hydrogens (tertiary/aromatic N) is 3. The molecular formula is C26H21F2N5O6S. The minimum atomic E-state index is -4.83. The first kappa shape index (κ1) is 26.9. The van der Waals surface area contributed by atoms with Crippen molar-refractivity contribution in [3.05, 3.63) is 78.2 Å². The zero-order valence-corrected chi connectivity index (χ0v) is 21.4. The van der Waals surface area contributed by atoms with Gasteiger partial charge in [-0.15, -0.1) is 0 Å². The van der Waals surface area contributed by atoms with Crippen molar-refractivity contribution in [1.82, 2.24) is 25.6 Å². The van der Waals surface area contributed by atoms with Gasteiger partial charge in [0, 0.05) is 35.0 Å². The molecule has 0 bridgehead atoms. The molecule has 1 atom stereocenters. The van der Waals surface area contributed by atoms with Gasteiger partial charge in [-0.1, -0.05) is 6.07 Å². The highest BCUT2D eigenvalue weighted by molar-refractivity contribution is 7.91. The van der Waals surface area contributed by atoms with Crippen molar-refractivity contribution in [3.63, 3.8) is 0 Å². The van der Waals surface area contributed by atoms with Gasteiger partial charge in [0.15, 0.2) is 6.10 Å². The van der Waals surface area contributed by atoms with Crippen LogP contribution < -0.4 is 15.4 Å². The zero-order valence-electron chi connectivity index (χ0n) is 20.6. The first-order chi connectivity index (χ1) is 19.2. The van der Waals surface area contributed by atoms with Gasteiger partial charge in [-0.2, -0.15) is 8.78 Å². The summed E-state index contributed by atoms with van der Waals surface area (Å²) in [7, 11) is -4.83. The van der Waals surface area contributed by atoms with Crippen LogP contribution in [-0.2, 0) is 21.1 Å². The van der Waals surface area contributed by atoms with Gasteiger partial charge < -0.3 is 20.1 Å². The van der Waals surface area contributed by atoms with E-state index >= 15 is 0 Å². The fraction of sp³-hybridized carbons (Fsp3) is 0.192. The summed E-state index contributed by atoms with van der Waals surface area (Å²) in [4.78, 5) is 36.3. The minimum Gasteiger partial charge on any atom is -0.469 e. The van der Waals surface area contributed by atoms with Crippen LogP contribution in [0.5, 0.6) is 5.88 Å². The molecule has 3 aromatic heterocycles. The summed E-state index contributed by atoms with van der Waals surface area (Å²) in [6, 6.07) is 13.3. The summed E-state index contributed by atoms with van der Waals surface area (Å²) < 4.78 is 59.8. The fourth-order valence-corrected chi connectivity index (χ4v) is 4.59. The molecule has 1 saturated heterocycles. The third-order valence-corrected chi connectivity index (χ3v) is 7.29. The summed E-state index contributed by atoms with van der Waals surface area (Å²) in [5, 5.41) is 5.92. The van der Waals surface area contributed by atoms with Gasteiger partial charge >= 0.3 is 11.9 Å². The van der Waals surface area contributed by atoms with E-state index in [1.54, 1.807) is 30.6 Å². The van der Waals surface area contributed by atoms with E-state index < -0.39 is 32.5 Å². The zero-order chi connectivity index (χ0) is 28.3. The Hall–Kier alpha value is -4.72. The molecular weight excluding hydrogens is 548 g/mol. The number of benzene rings is 1. The van der Waals surface area contributed by atoms with Crippen molar-refractivity contribution in [3.8, 4) is 17.1 Å². The van der Waals surface area contributed by atoms with Gasteiger partial charge in [0.2, 0.25) is 15.7 Å². The van der Waals surface area contributed by atoms with E-state index in [4.69, 9.17) is 9.47 Å². The standard InChI is InChI=1S/C26H21F2N5O6S/c27-25(28)40(36,37)20-3-1-2-15(8-20)24(34)31-12-18-9-22-17(10-29-18)4-6-21(33-22)16-5-7-23(30-11-16)39-19-13-32-26(35)38-14-19/h1-11,19,25H,12-14H2,(H,31,34)(H,32,35). The SMILES string of the molecule is O=C1NCC(Oc2ccc(-c3ccc4cnc(CNC(=O)c5cccc(S(=O)(=O)C(F)F)c5)cc4n3)cn2)CO1. The molecule has 1 aliphatic heterocycles. The van der Waals surface area contributed by atoms with Gasteiger partial charge in [0.05, 0.1) is 34.9 Å². The van der Waals surface area contributed by atoms with Crippen LogP contribution in [0.4, 0.5) is 13.6 Å². The summed E-state index contributed by atoms with van der Waals surface area (Å²) in [6.07, 6.45) is 2.37. The molecule has 1 unspecified atom stereocenters. The first-order valence-electron chi connectivity index (χ1n) is 11.9. The molecule has 0 aliphatic carbocycles. The van der Waals surface area contributed by atoms with Crippen LogP contribution in [0.3, 0.4) is 0 Å². The molecule has 1 aromatic carbocycles. The molecule has 2 amide bonds. The number of ether oxygens (including phenoxy) is 2. The lowest BCUT2D eigenvalue weighted by Gasteiger charge is -2.23. The molecule has 40 heavy (non-hydrogen) atoms. The molecule has 11 nitrogen and oxygen atoms in total. The lowest BCUT2D eigenvalue weighted by molar-refractivity contribution is 0.0540. The van der Waals surface area contributed by atoms with Crippen LogP contribution in [0.15, 0.2) is 71.9 Å². The highest BCUT2D eigenvalue weighted by atomic mass is 32.2. The van der Waals surface area contributed by atoms with Crippen LogP contribution in [0.25, 0.3) is 22.2 Å². The molecule has 1 fully saturated rings. The summed E-state index contributed by atoms with van der Waals surface area (Å²) in [6.45, 7) is 0.440. The number of carbonyl (C=O) groups excluding carboxylic acids is 2. The van der Waals surface area contributed by atoms with Gasteiger partial charge in [-0.3, -0.25) is 9.78 Å². The molecule has 2 N–H and O–H groups in total. The van der Waals surface area contributed by atoms with E-state index in [2.05, 4.69) is 25.6 Å². The molecule has 5 rings (SSSR count). The van der Waals surface area contributed by atoms with Crippen molar-refractivity contribution >= 4 is 32.7 Å². The minimum absolute atomic E-state index is 0.00850. The van der Waals surface area contributed by atoms with Crippen LogP contribution in [0.2, 0.25) is 0 Å². The average molecular weight is 570 g/mol. The van der Waals surface area contributed by atoms with Crippen molar-refractivity contribution in [2.75, 3.05) is 13.2 Å². The number of aromatic nitrogens is 3. The first-order valence-corrected chi connectivity index (χ1v) is 13.4. The third-order valence-electron chi connectivity index (χ3n) is 5.91. The van der Waals surface area contributed by atoms with Crippen molar-refractivity contribution in [1.29, 1.82) is 0 Å². The van der Waals surface area contributed by atoms with Crippen molar-refractivity contribution in [2.24, 2.45) is 0 Å². The highest BCUT2D eigenvalue weighted by Gasteiger charge is 2.27. The summed E-state index contributed by atoms with van der Waals surface area (Å²) >= 11 is 0. The maximum absolute atomic E-state index is 12.9. The van der Waals surface area contributed by atoms with Crippen LogP contribution in [0.1, 0.15) is 16.1 Å². The predicted molar refractivity (Wildman–Crippen MR) is 137 cm³/mol. The van der Waals surface area contributed by atoms with E-state index in [0.717, 1.165) is 23.1 Å². The Balaban J connectivity index is 1.26. The van der Waals surface area contributed by atoms with Gasteiger partial charge in [0.1, 0.15) is 6.61 Å². The predicted octanol–water partition coefficient (Wildman–Crippen LogP) is 3.11. The van der Waals surface area contributed by atoms with Crippen LogP contribution >= 0.6 is 0 Å². The number of rotatable bonds is 8. The number of alkyl halides is 2. The Labute approximate surface area is 226 Å². The molecule has 4 aromatic rings. The second kappa shape index (κ2) is 11.2. The molecule has 14 heteroatoms. The smallest absolute Gasteiger partial charge is 0.407 e. The monoisotopic (exact) mass is 569 g/mol. The van der Waals surface area contributed by atoms with E-state index in [1.807, 2.05) is 12.1 Å². The molecule has 0 saturated carbocycles. The molecule has 206 valence electrons. The number of hydrogen-bond donors (Lipinski definition) is 2. The largest absolute Gasteiger partial charge is 0.469 e. The molecule has 0 spiro atoms. The second-order valence-corrected chi connectivity index (χ2v) is 10.6. The Morgan fingerprint density at radius 2 is 1.98 bits per heavy atom. The lowest BCUT2D eigenvalue weighted by atomic mass is 10.1. The van der Waals surface area contributed by atoms with Crippen molar-refractivity contribution < 1.29 is 36.3 Å². The maximum atomic E-state index is 12.9. The number of halogens is 2. The number of hydrogen-bond acceptors (Lipinski definition) is 9.